The van der Waals surface area contributed by atoms with E-state index in [1.807, 2.05) is 6.92 Å². The topological polar surface area (TPSA) is 118 Å². The summed E-state index contributed by atoms with van der Waals surface area (Å²) in [6.45, 7) is 5.13. The molecule has 8 nitrogen and oxygen atoms in total. The molecule has 0 spiro atoms. The van der Waals surface area contributed by atoms with Gasteiger partial charge in [-0.2, -0.15) is 0 Å². The molecule has 0 saturated heterocycles. The molecule has 1 aromatic heterocycles. The van der Waals surface area contributed by atoms with Crippen molar-refractivity contribution in [2.75, 3.05) is 0 Å². The highest BCUT2D eigenvalue weighted by atomic mass is 32.2. The van der Waals surface area contributed by atoms with Crippen LogP contribution in [-0.4, -0.2) is 30.1 Å². The third kappa shape index (κ3) is 5.13. The largest absolute Gasteiger partial charge is 0.347 e. The van der Waals surface area contributed by atoms with E-state index in [9.17, 15) is 22.4 Å². The molecular weight excluding hydrogens is 471 g/mol. The maximum Gasteiger partial charge on any atom is 0.270 e. The zero-order valence-electron chi connectivity index (χ0n) is 19.6. The van der Waals surface area contributed by atoms with Crippen molar-refractivity contribution in [2.24, 2.45) is 0 Å². The van der Waals surface area contributed by atoms with Crippen molar-refractivity contribution >= 4 is 21.7 Å². The molecule has 1 aliphatic carbocycles. The summed E-state index contributed by atoms with van der Waals surface area (Å²) in [7, 11) is -4.05. The predicted octanol–water partition coefficient (Wildman–Crippen LogP) is 3.33. The molecule has 35 heavy (non-hydrogen) atoms. The molecule has 2 N–H and O–H groups in total. The number of carbonyl (C=O) groups is 2. The fraction of sp³-hybridized carbons (Fsp3) is 0.280. The van der Waals surface area contributed by atoms with Crippen LogP contribution in [0.2, 0.25) is 0 Å². The highest BCUT2D eigenvalue weighted by Gasteiger charge is 2.30. The number of aromatic nitrogens is 2. The highest BCUT2D eigenvalue weighted by molar-refractivity contribution is 7.89. The molecule has 0 bridgehead atoms. The van der Waals surface area contributed by atoms with Crippen LogP contribution in [0, 0.1) is 19.7 Å². The summed E-state index contributed by atoms with van der Waals surface area (Å²) in [5.41, 5.74) is 4.36. The summed E-state index contributed by atoms with van der Waals surface area (Å²) >= 11 is 0. The number of hydrogen-bond donors (Lipinski definition) is 2. The number of Topliss-reactive ketones (excluding diaryl/α,β-unsaturated/α-hetero) is 1. The van der Waals surface area contributed by atoms with E-state index in [-0.39, 0.29) is 28.9 Å². The fourth-order valence-electron chi connectivity index (χ4n) is 4.33. The Hall–Kier alpha value is -3.50. The molecule has 3 aromatic rings. The number of nitrogens with one attached hydrogen (secondary N) is 2. The molecule has 1 atom stereocenters. The summed E-state index contributed by atoms with van der Waals surface area (Å²) in [5, 5.41) is 2.33. The van der Waals surface area contributed by atoms with Gasteiger partial charge in [-0.1, -0.05) is 24.3 Å². The molecule has 0 unspecified atom stereocenters. The van der Waals surface area contributed by atoms with E-state index in [2.05, 4.69) is 20.0 Å². The first-order valence-electron chi connectivity index (χ1n) is 11.1. The van der Waals surface area contributed by atoms with E-state index < -0.39 is 22.0 Å². The zero-order valence-corrected chi connectivity index (χ0v) is 20.4. The van der Waals surface area contributed by atoms with Gasteiger partial charge in [-0.3, -0.25) is 9.59 Å². The maximum absolute atomic E-state index is 13.4. The van der Waals surface area contributed by atoms with Gasteiger partial charge >= 0.3 is 0 Å². The summed E-state index contributed by atoms with van der Waals surface area (Å²) < 4.78 is 42.2. The van der Waals surface area contributed by atoms with Gasteiger partial charge in [-0.15, -0.1) is 0 Å². The van der Waals surface area contributed by atoms with Gasteiger partial charge in [0.05, 0.1) is 0 Å². The number of amides is 1. The summed E-state index contributed by atoms with van der Waals surface area (Å²) in [6, 6.07) is 8.66. The number of nitrogens with zero attached hydrogens (tertiary/aromatic N) is 2. The standard InChI is InChI=1S/C25H25FN4O4S/c1-14-10-17(4-8-21(14)26)12-27-25(32)23-11-24(29-13-28-23)35(33,34)30-22-9-7-19-15(2)18(16(3)31)5-6-20(19)22/h4-6,8,10-11,13,22,30H,7,9,12H2,1-3H3,(H,27,32)/t22-/m0/s1. The molecule has 1 heterocycles. The summed E-state index contributed by atoms with van der Waals surface area (Å²) in [6.07, 6.45) is 2.22. The number of sulfonamides is 1. The Bertz CT molecular complexity index is 1440. The van der Waals surface area contributed by atoms with Gasteiger partial charge in [-0.25, -0.2) is 27.5 Å². The minimum atomic E-state index is -4.05. The number of carbonyl (C=O) groups excluding carboxylic acids is 2. The first-order chi connectivity index (χ1) is 16.6. The monoisotopic (exact) mass is 496 g/mol. The maximum atomic E-state index is 13.4. The number of aryl methyl sites for hydroxylation is 1. The van der Waals surface area contributed by atoms with Crippen molar-refractivity contribution in [3.63, 3.8) is 0 Å². The van der Waals surface area contributed by atoms with Gasteiger partial charge in [0, 0.05) is 24.2 Å². The Morgan fingerprint density at radius 2 is 1.89 bits per heavy atom. The lowest BCUT2D eigenvalue weighted by Gasteiger charge is -2.15. The molecule has 0 fully saturated rings. The van der Waals surface area contributed by atoms with Crippen molar-refractivity contribution in [3.8, 4) is 0 Å². The van der Waals surface area contributed by atoms with E-state index in [4.69, 9.17) is 0 Å². The molecule has 0 saturated carbocycles. The second-order valence-corrected chi connectivity index (χ2v) is 10.2. The predicted molar refractivity (Wildman–Crippen MR) is 127 cm³/mol. The quantitative estimate of drug-likeness (QED) is 0.383. The second-order valence-electron chi connectivity index (χ2n) is 8.58. The molecule has 1 amide bonds. The number of rotatable bonds is 7. The lowest BCUT2D eigenvalue weighted by atomic mass is 9.96. The summed E-state index contributed by atoms with van der Waals surface area (Å²) in [5.74, 6) is -0.947. The average Bonchev–Trinajstić information content (AvgIpc) is 3.22. The van der Waals surface area contributed by atoms with Gasteiger partial charge in [0.2, 0.25) is 0 Å². The van der Waals surface area contributed by atoms with E-state index in [1.54, 1.807) is 31.2 Å². The lowest BCUT2D eigenvalue weighted by molar-refractivity contribution is 0.0944. The van der Waals surface area contributed by atoms with Crippen molar-refractivity contribution in [1.29, 1.82) is 0 Å². The van der Waals surface area contributed by atoms with Crippen molar-refractivity contribution in [3.05, 3.63) is 87.6 Å². The van der Waals surface area contributed by atoms with Gasteiger partial charge < -0.3 is 5.32 Å². The van der Waals surface area contributed by atoms with Crippen LogP contribution in [0.4, 0.5) is 4.39 Å². The van der Waals surface area contributed by atoms with Crippen LogP contribution in [-0.2, 0) is 23.0 Å². The lowest BCUT2D eigenvalue weighted by Crippen LogP contribution is -2.29. The van der Waals surface area contributed by atoms with Crippen LogP contribution in [0.25, 0.3) is 0 Å². The molecule has 1 aliphatic rings. The fourth-order valence-corrected chi connectivity index (χ4v) is 5.52. The molecule has 0 radical (unpaired) electrons. The van der Waals surface area contributed by atoms with Crippen LogP contribution in [0.15, 0.2) is 47.8 Å². The Morgan fingerprint density at radius 1 is 1.11 bits per heavy atom. The third-order valence-corrected chi connectivity index (χ3v) is 7.56. The Balaban J connectivity index is 1.49. The molecule has 0 aliphatic heterocycles. The minimum absolute atomic E-state index is 0.0318. The van der Waals surface area contributed by atoms with Gasteiger partial charge in [0.15, 0.2) is 10.8 Å². The Labute approximate surface area is 203 Å². The van der Waals surface area contributed by atoms with Crippen LogP contribution in [0.1, 0.15) is 68.1 Å². The SMILES string of the molecule is CC(=O)c1ccc2c(c1C)CC[C@@H]2NS(=O)(=O)c1cc(C(=O)NCc2ccc(F)c(C)c2)ncn1. The van der Waals surface area contributed by atoms with E-state index >= 15 is 0 Å². The summed E-state index contributed by atoms with van der Waals surface area (Å²) in [4.78, 5) is 32.1. The van der Waals surface area contributed by atoms with E-state index in [0.717, 1.165) is 29.1 Å². The number of ketones is 1. The van der Waals surface area contributed by atoms with Gasteiger partial charge in [-0.05, 0) is 67.5 Å². The molecule has 10 heteroatoms. The van der Waals surface area contributed by atoms with Crippen LogP contribution in [0.3, 0.4) is 0 Å². The normalized spacial score (nSPS) is 15.0. The number of fused-ring (bicyclic) bond motifs is 1. The minimum Gasteiger partial charge on any atom is -0.347 e. The van der Waals surface area contributed by atoms with Gasteiger partial charge in [0.1, 0.15) is 17.8 Å². The van der Waals surface area contributed by atoms with E-state index in [0.29, 0.717) is 29.5 Å². The molecule has 2 aromatic carbocycles. The number of halogens is 1. The smallest absolute Gasteiger partial charge is 0.270 e. The van der Waals surface area contributed by atoms with Gasteiger partial charge in [0.25, 0.3) is 15.9 Å². The molecule has 4 rings (SSSR count). The average molecular weight is 497 g/mol. The van der Waals surface area contributed by atoms with E-state index in [1.165, 1.54) is 13.0 Å². The van der Waals surface area contributed by atoms with Crippen LogP contribution >= 0.6 is 0 Å². The van der Waals surface area contributed by atoms with Crippen LogP contribution < -0.4 is 10.0 Å². The van der Waals surface area contributed by atoms with Crippen molar-refractivity contribution in [1.82, 2.24) is 20.0 Å². The molecule has 182 valence electrons. The highest BCUT2D eigenvalue weighted by Crippen LogP contribution is 2.35. The number of hydrogen-bond acceptors (Lipinski definition) is 6. The van der Waals surface area contributed by atoms with Crippen LogP contribution in [0.5, 0.6) is 0 Å². The van der Waals surface area contributed by atoms with Crippen molar-refractivity contribution in [2.45, 2.75) is 51.2 Å². The molecular formula is C25H25FN4O4S. The number of benzene rings is 2. The zero-order chi connectivity index (χ0) is 25.3. The van der Waals surface area contributed by atoms with Crippen molar-refractivity contribution < 1.29 is 22.4 Å². The first-order valence-corrected chi connectivity index (χ1v) is 12.6. The third-order valence-electron chi connectivity index (χ3n) is 6.20. The first kappa shape index (κ1) is 24.6. The Morgan fingerprint density at radius 3 is 2.60 bits per heavy atom. The Kier molecular flexibility index (Phi) is 6.77. The second kappa shape index (κ2) is 9.63.